The van der Waals surface area contributed by atoms with Gasteiger partial charge in [-0.3, -0.25) is 15.2 Å². The first kappa shape index (κ1) is 16.0. The molecule has 0 fully saturated rings. The van der Waals surface area contributed by atoms with E-state index >= 15 is 0 Å². The van der Waals surface area contributed by atoms with Gasteiger partial charge in [0.15, 0.2) is 0 Å². The second-order valence-corrected chi connectivity index (χ2v) is 4.72. The molecule has 2 atom stereocenters. The molecule has 0 aliphatic rings. The Morgan fingerprint density at radius 1 is 1.32 bits per heavy atom. The molecule has 1 aromatic heterocycles. The number of rotatable bonds is 4. The number of aromatic nitrogens is 3. The summed E-state index contributed by atoms with van der Waals surface area (Å²) in [5.41, 5.74) is 6.72. The first-order chi connectivity index (χ1) is 10.3. The largest absolute Gasteiger partial charge is 0.451 e. The van der Waals surface area contributed by atoms with Gasteiger partial charge in [-0.05, 0) is 5.56 Å². The normalized spacial score (nSPS) is 14.4. The Morgan fingerprint density at radius 2 is 1.95 bits per heavy atom. The number of nitrogens with one attached hydrogen (secondary N) is 2. The zero-order valence-electron chi connectivity index (χ0n) is 11.6. The number of anilines is 1. The van der Waals surface area contributed by atoms with Gasteiger partial charge in [0.25, 0.3) is 0 Å². The zero-order chi connectivity index (χ0) is 16.3. The lowest BCUT2D eigenvalue weighted by Crippen LogP contribution is -2.30. The molecule has 2 aromatic rings. The van der Waals surface area contributed by atoms with E-state index in [0.717, 1.165) is 5.56 Å². The number of carbonyl (C=O) groups is 1. The smallest absolute Gasteiger partial charge is 0.323 e. The molecule has 0 saturated heterocycles. The third-order valence-electron chi connectivity index (χ3n) is 3.13. The number of alkyl halides is 3. The quantitative estimate of drug-likeness (QED) is 0.805. The highest BCUT2D eigenvalue weighted by Gasteiger charge is 2.35. The number of nitrogens with two attached hydrogens (primary N) is 1. The van der Waals surface area contributed by atoms with Crippen LogP contribution >= 0.6 is 0 Å². The fourth-order valence-corrected chi connectivity index (χ4v) is 1.80. The minimum atomic E-state index is -4.65. The third-order valence-corrected chi connectivity index (χ3v) is 3.13. The Bertz CT molecular complexity index is 641. The molecule has 0 aliphatic heterocycles. The maximum absolute atomic E-state index is 12.4. The van der Waals surface area contributed by atoms with Crippen molar-refractivity contribution in [1.29, 1.82) is 0 Å². The number of benzene rings is 1. The van der Waals surface area contributed by atoms with Crippen molar-refractivity contribution >= 4 is 11.9 Å². The van der Waals surface area contributed by atoms with Gasteiger partial charge in [-0.25, -0.2) is 0 Å². The van der Waals surface area contributed by atoms with Gasteiger partial charge in [-0.1, -0.05) is 37.3 Å². The lowest BCUT2D eigenvalue weighted by atomic mass is 9.95. The van der Waals surface area contributed by atoms with E-state index in [2.05, 4.69) is 15.4 Å². The van der Waals surface area contributed by atoms with Crippen LogP contribution in [0, 0.1) is 5.92 Å². The van der Waals surface area contributed by atoms with Crippen LogP contribution in [0.5, 0.6) is 0 Å². The molecule has 22 heavy (non-hydrogen) atoms. The summed E-state index contributed by atoms with van der Waals surface area (Å²) < 4.78 is 37.1. The van der Waals surface area contributed by atoms with Gasteiger partial charge in [-0.15, -0.1) is 5.10 Å². The van der Waals surface area contributed by atoms with Crippen molar-refractivity contribution < 1.29 is 18.0 Å². The molecule has 1 heterocycles. The molecule has 0 bridgehead atoms. The van der Waals surface area contributed by atoms with E-state index < -0.39 is 35.8 Å². The molecule has 2 rings (SSSR count). The van der Waals surface area contributed by atoms with Crippen LogP contribution in [0.2, 0.25) is 0 Å². The Labute approximate surface area is 123 Å². The molecule has 0 aliphatic carbocycles. The van der Waals surface area contributed by atoms with E-state index in [1.807, 2.05) is 6.07 Å². The maximum Gasteiger partial charge on any atom is 0.451 e. The van der Waals surface area contributed by atoms with Gasteiger partial charge >= 0.3 is 6.18 Å². The summed E-state index contributed by atoms with van der Waals surface area (Å²) in [5.74, 6) is -2.95. The van der Waals surface area contributed by atoms with Crippen LogP contribution in [0.15, 0.2) is 30.3 Å². The Morgan fingerprint density at radius 3 is 2.50 bits per heavy atom. The summed E-state index contributed by atoms with van der Waals surface area (Å²) in [6, 6.07) is 8.32. The third kappa shape index (κ3) is 3.61. The predicted octanol–water partition coefficient (Wildman–Crippen LogP) is 2.10. The highest BCUT2D eigenvalue weighted by atomic mass is 19.4. The maximum atomic E-state index is 12.4. The number of carbonyl (C=O) groups excluding carboxylic acids is 1. The summed E-state index contributed by atoms with van der Waals surface area (Å²) in [5, 5.41) is 7.24. The summed E-state index contributed by atoms with van der Waals surface area (Å²) in [7, 11) is 0. The standard InChI is InChI=1S/C13H14F3N5O/c1-7(9(17)8-5-3-2-4-6-8)10(22)18-12-19-11(20-21-12)13(14,15)16/h2-7,9H,17H2,1H3,(H2,18,19,20,21,22). The van der Waals surface area contributed by atoms with Crippen molar-refractivity contribution in [3.63, 3.8) is 0 Å². The molecule has 4 N–H and O–H groups in total. The number of hydrogen-bond acceptors (Lipinski definition) is 4. The Kier molecular flexibility index (Phi) is 4.45. The SMILES string of the molecule is CC(C(=O)Nc1n[nH]c(C(F)(F)F)n1)C(N)c1ccccc1. The van der Waals surface area contributed by atoms with Crippen molar-refractivity contribution in [3.8, 4) is 0 Å². The molecule has 0 radical (unpaired) electrons. The van der Waals surface area contributed by atoms with E-state index in [0.29, 0.717) is 0 Å². The first-order valence-electron chi connectivity index (χ1n) is 6.40. The van der Waals surface area contributed by atoms with Gasteiger partial charge in [0.1, 0.15) is 0 Å². The van der Waals surface area contributed by atoms with Crippen LogP contribution in [0.4, 0.5) is 19.1 Å². The molecule has 2 unspecified atom stereocenters. The van der Waals surface area contributed by atoms with Crippen LogP contribution in [0.1, 0.15) is 24.4 Å². The number of H-pyrrole nitrogens is 1. The molecular formula is C13H14F3N5O. The fourth-order valence-electron chi connectivity index (χ4n) is 1.80. The second-order valence-electron chi connectivity index (χ2n) is 4.72. The van der Waals surface area contributed by atoms with Crippen LogP contribution in [-0.2, 0) is 11.0 Å². The van der Waals surface area contributed by atoms with Crippen molar-refractivity contribution in [3.05, 3.63) is 41.7 Å². The van der Waals surface area contributed by atoms with Gasteiger partial charge in [0.05, 0.1) is 5.92 Å². The number of hydrogen-bond donors (Lipinski definition) is 3. The van der Waals surface area contributed by atoms with E-state index in [9.17, 15) is 18.0 Å². The average molecular weight is 313 g/mol. The molecular weight excluding hydrogens is 299 g/mol. The van der Waals surface area contributed by atoms with Crippen LogP contribution in [0.25, 0.3) is 0 Å². The van der Waals surface area contributed by atoms with E-state index in [1.165, 1.54) is 0 Å². The number of amides is 1. The molecule has 6 nitrogen and oxygen atoms in total. The van der Waals surface area contributed by atoms with Crippen LogP contribution in [-0.4, -0.2) is 21.1 Å². The zero-order valence-corrected chi connectivity index (χ0v) is 11.6. The van der Waals surface area contributed by atoms with Crippen molar-refractivity contribution in [2.45, 2.75) is 19.1 Å². The lowest BCUT2D eigenvalue weighted by Gasteiger charge is -2.18. The molecule has 0 saturated carbocycles. The van der Waals surface area contributed by atoms with Crippen molar-refractivity contribution in [1.82, 2.24) is 15.2 Å². The molecule has 0 spiro atoms. The topological polar surface area (TPSA) is 96.7 Å². The van der Waals surface area contributed by atoms with Crippen molar-refractivity contribution in [2.75, 3.05) is 5.32 Å². The van der Waals surface area contributed by atoms with Gasteiger partial charge in [0, 0.05) is 6.04 Å². The van der Waals surface area contributed by atoms with Crippen LogP contribution in [0.3, 0.4) is 0 Å². The summed E-state index contributed by atoms with van der Waals surface area (Å²) in [6.45, 7) is 1.57. The average Bonchev–Trinajstić information content (AvgIpc) is 2.95. The minimum Gasteiger partial charge on any atom is -0.323 e. The number of aromatic amines is 1. The molecule has 1 amide bonds. The van der Waals surface area contributed by atoms with Crippen molar-refractivity contribution in [2.24, 2.45) is 11.7 Å². The summed E-state index contributed by atoms with van der Waals surface area (Å²) in [6.07, 6.45) is -4.65. The number of nitrogens with zero attached hydrogens (tertiary/aromatic N) is 2. The monoisotopic (exact) mass is 313 g/mol. The van der Waals surface area contributed by atoms with Gasteiger partial charge in [-0.2, -0.15) is 18.2 Å². The minimum absolute atomic E-state index is 0.440. The van der Waals surface area contributed by atoms with E-state index in [-0.39, 0.29) is 0 Å². The summed E-state index contributed by atoms with van der Waals surface area (Å²) >= 11 is 0. The van der Waals surface area contributed by atoms with Gasteiger partial charge < -0.3 is 5.73 Å². The molecule has 9 heteroatoms. The molecule has 118 valence electrons. The van der Waals surface area contributed by atoms with Gasteiger partial charge in [0.2, 0.25) is 17.7 Å². The summed E-state index contributed by atoms with van der Waals surface area (Å²) in [4.78, 5) is 15.2. The predicted molar refractivity (Wildman–Crippen MR) is 72.5 cm³/mol. The number of halogens is 3. The highest BCUT2D eigenvalue weighted by molar-refractivity contribution is 5.91. The second kappa shape index (κ2) is 6.14. The lowest BCUT2D eigenvalue weighted by molar-refractivity contribution is -0.144. The van der Waals surface area contributed by atoms with E-state index in [4.69, 9.17) is 5.73 Å². The van der Waals surface area contributed by atoms with E-state index in [1.54, 1.807) is 36.3 Å². The highest BCUT2D eigenvalue weighted by Crippen LogP contribution is 2.26. The Balaban J connectivity index is 2.04. The Hall–Kier alpha value is -2.42. The fraction of sp³-hybridized carbons (Fsp3) is 0.308. The first-order valence-corrected chi connectivity index (χ1v) is 6.40. The van der Waals surface area contributed by atoms with Crippen LogP contribution < -0.4 is 11.1 Å². The molecule has 1 aromatic carbocycles.